The average Bonchev–Trinajstić information content (AvgIpc) is 3.14. The molecule has 0 radical (unpaired) electrons. The fourth-order valence-corrected chi connectivity index (χ4v) is 2.73. The van der Waals surface area contributed by atoms with Crippen molar-refractivity contribution in [2.75, 3.05) is 13.4 Å². The lowest BCUT2D eigenvalue weighted by atomic mass is 10.2. The molecule has 1 aromatic carbocycles. The molecule has 8 heteroatoms. The predicted molar refractivity (Wildman–Crippen MR) is 89.8 cm³/mol. The predicted octanol–water partition coefficient (Wildman–Crippen LogP) is 2.36. The smallest absolute Gasteiger partial charge is 0.246 e. The van der Waals surface area contributed by atoms with Gasteiger partial charge in [0.05, 0.1) is 7.11 Å². The van der Waals surface area contributed by atoms with Gasteiger partial charge in [-0.3, -0.25) is 0 Å². The summed E-state index contributed by atoms with van der Waals surface area (Å²) in [4.78, 5) is 4.26. The van der Waals surface area contributed by atoms with Crippen molar-refractivity contribution in [3.05, 3.63) is 42.2 Å². The van der Waals surface area contributed by atoms with Crippen molar-refractivity contribution in [1.29, 1.82) is 0 Å². The zero-order chi connectivity index (χ0) is 17.5. The highest BCUT2D eigenvalue weighted by Crippen LogP contribution is 2.27. The molecule has 0 spiro atoms. The van der Waals surface area contributed by atoms with Crippen LogP contribution in [0.1, 0.15) is 25.6 Å². The van der Waals surface area contributed by atoms with E-state index in [1.54, 1.807) is 21.0 Å². The molecule has 128 valence electrons. The number of nitrogens with zero attached hydrogens (tertiary/aromatic N) is 3. The van der Waals surface area contributed by atoms with Gasteiger partial charge in [-0.25, -0.2) is 8.42 Å². The maximum Gasteiger partial charge on any atom is 0.246 e. The van der Waals surface area contributed by atoms with Crippen LogP contribution in [0.15, 0.2) is 35.0 Å². The van der Waals surface area contributed by atoms with E-state index in [1.165, 1.54) is 0 Å². The van der Waals surface area contributed by atoms with Crippen LogP contribution in [0.25, 0.3) is 10.9 Å². The normalized spacial score (nSPS) is 12.7. The van der Waals surface area contributed by atoms with E-state index in [-0.39, 0.29) is 5.82 Å². The van der Waals surface area contributed by atoms with Crippen molar-refractivity contribution in [3.8, 4) is 5.75 Å². The molecule has 0 unspecified atom stereocenters. The molecular formula is C16H19N3O4S. The van der Waals surface area contributed by atoms with Crippen LogP contribution in [0.4, 0.5) is 0 Å². The Balaban J connectivity index is 1.91. The van der Waals surface area contributed by atoms with Gasteiger partial charge in [-0.15, -0.1) is 0 Å². The molecule has 2 aromatic heterocycles. The lowest BCUT2D eigenvalue weighted by molar-refractivity contribution is 0.363. The van der Waals surface area contributed by atoms with Crippen LogP contribution in [0.3, 0.4) is 0 Å². The SMILES string of the molecule is COc1ccc2c(ccn2Cc2nc(C(C)(C)S(C)(=O)=O)no2)c1. The number of methoxy groups -OCH3 is 1. The van der Waals surface area contributed by atoms with Gasteiger partial charge in [-0.2, -0.15) is 4.98 Å². The third-order valence-electron chi connectivity index (χ3n) is 4.22. The molecule has 0 amide bonds. The number of sulfone groups is 1. The average molecular weight is 349 g/mol. The molecule has 0 atom stereocenters. The van der Waals surface area contributed by atoms with Gasteiger partial charge in [-0.1, -0.05) is 5.16 Å². The van der Waals surface area contributed by atoms with Crippen LogP contribution < -0.4 is 4.74 Å². The fourth-order valence-electron chi connectivity index (χ4n) is 2.32. The molecule has 0 aliphatic carbocycles. The molecular weight excluding hydrogens is 330 g/mol. The molecule has 7 nitrogen and oxygen atoms in total. The minimum atomic E-state index is -3.35. The first-order chi connectivity index (χ1) is 11.2. The van der Waals surface area contributed by atoms with Crippen LogP contribution in [0.2, 0.25) is 0 Å². The highest BCUT2D eigenvalue weighted by molar-refractivity contribution is 7.91. The Bertz CT molecular complexity index is 986. The van der Waals surface area contributed by atoms with Gasteiger partial charge in [-0.05, 0) is 38.1 Å². The Kier molecular flexibility index (Phi) is 3.87. The van der Waals surface area contributed by atoms with Crippen molar-refractivity contribution in [3.63, 3.8) is 0 Å². The minimum Gasteiger partial charge on any atom is -0.497 e. The van der Waals surface area contributed by atoms with E-state index in [0.29, 0.717) is 12.4 Å². The van der Waals surface area contributed by atoms with Crippen LogP contribution in [0, 0.1) is 0 Å². The van der Waals surface area contributed by atoms with Gasteiger partial charge >= 0.3 is 0 Å². The van der Waals surface area contributed by atoms with E-state index in [2.05, 4.69) is 10.1 Å². The Labute approximate surface area is 140 Å². The van der Waals surface area contributed by atoms with E-state index in [1.807, 2.05) is 35.0 Å². The minimum absolute atomic E-state index is 0.165. The summed E-state index contributed by atoms with van der Waals surface area (Å²) in [5.41, 5.74) is 0.998. The number of hydrogen-bond acceptors (Lipinski definition) is 6. The van der Waals surface area contributed by atoms with Crippen molar-refractivity contribution in [2.45, 2.75) is 25.1 Å². The van der Waals surface area contributed by atoms with Crippen LogP contribution in [0.5, 0.6) is 5.75 Å². The Hall–Kier alpha value is -2.35. The first kappa shape index (κ1) is 16.5. The van der Waals surface area contributed by atoms with Crippen molar-refractivity contribution < 1.29 is 17.7 Å². The molecule has 3 rings (SSSR count). The first-order valence-corrected chi connectivity index (χ1v) is 9.27. The lowest BCUT2D eigenvalue weighted by Crippen LogP contribution is -2.29. The molecule has 0 saturated carbocycles. The molecule has 0 bridgehead atoms. The summed E-state index contributed by atoms with van der Waals surface area (Å²) in [6, 6.07) is 7.74. The Morgan fingerprint density at radius 1 is 1.29 bits per heavy atom. The fraction of sp³-hybridized carbons (Fsp3) is 0.375. The van der Waals surface area contributed by atoms with Crippen LogP contribution in [-0.2, 0) is 21.1 Å². The summed E-state index contributed by atoms with van der Waals surface area (Å²) in [5, 5.41) is 4.88. The third-order valence-corrected chi connectivity index (χ3v) is 6.25. The van der Waals surface area contributed by atoms with E-state index >= 15 is 0 Å². The van der Waals surface area contributed by atoms with Gasteiger partial charge < -0.3 is 13.8 Å². The summed E-state index contributed by atoms with van der Waals surface area (Å²) >= 11 is 0. The third kappa shape index (κ3) is 2.77. The molecule has 0 aliphatic rings. The summed E-state index contributed by atoms with van der Waals surface area (Å²) in [6.07, 6.45) is 3.07. The second-order valence-corrected chi connectivity index (χ2v) is 8.73. The Morgan fingerprint density at radius 3 is 2.71 bits per heavy atom. The Morgan fingerprint density at radius 2 is 2.04 bits per heavy atom. The number of aromatic nitrogens is 3. The monoisotopic (exact) mass is 349 g/mol. The number of ether oxygens (including phenoxy) is 1. The summed E-state index contributed by atoms with van der Waals surface area (Å²) in [7, 11) is -1.73. The highest BCUT2D eigenvalue weighted by Gasteiger charge is 2.37. The largest absolute Gasteiger partial charge is 0.497 e. The van der Waals surface area contributed by atoms with Crippen molar-refractivity contribution in [2.24, 2.45) is 0 Å². The molecule has 2 heterocycles. The molecule has 24 heavy (non-hydrogen) atoms. The zero-order valence-electron chi connectivity index (χ0n) is 14.0. The molecule has 3 aromatic rings. The molecule has 0 fully saturated rings. The maximum absolute atomic E-state index is 11.9. The number of hydrogen-bond donors (Lipinski definition) is 0. The summed E-state index contributed by atoms with van der Waals surface area (Å²) in [6.45, 7) is 3.49. The summed E-state index contributed by atoms with van der Waals surface area (Å²) < 4.78 is 35.0. The number of benzene rings is 1. The van der Waals surface area contributed by atoms with Gasteiger partial charge in [0, 0.05) is 23.4 Å². The molecule has 0 N–H and O–H groups in total. The van der Waals surface area contributed by atoms with E-state index in [0.717, 1.165) is 22.9 Å². The topological polar surface area (TPSA) is 87.2 Å². The van der Waals surface area contributed by atoms with Crippen molar-refractivity contribution >= 4 is 20.7 Å². The standard InChI is InChI=1S/C16H19N3O4S/c1-16(2,24(4,20)21)15-17-14(23-18-15)10-19-8-7-11-9-12(22-3)5-6-13(11)19/h5-9H,10H2,1-4H3. The first-order valence-electron chi connectivity index (χ1n) is 7.38. The lowest BCUT2D eigenvalue weighted by Gasteiger charge is -2.17. The van der Waals surface area contributed by atoms with Crippen LogP contribution >= 0.6 is 0 Å². The second kappa shape index (κ2) is 5.62. The molecule has 0 saturated heterocycles. The summed E-state index contributed by atoms with van der Waals surface area (Å²) in [5.74, 6) is 1.31. The van der Waals surface area contributed by atoms with E-state index in [4.69, 9.17) is 9.26 Å². The van der Waals surface area contributed by atoms with E-state index in [9.17, 15) is 8.42 Å². The van der Waals surface area contributed by atoms with Crippen LogP contribution in [-0.4, -0.2) is 36.5 Å². The van der Waals surface area contributed by atoms with Crippen molar-refractivity contribution in [1.82, 2.24) is 14.7 Å². The van der Waals surface area contributed by atoms with Gasteiger partial charge in [0.1, 0.15) is 17.0 Å². The van der Waals surface area contributed by atoms with Gasteiger partial charge in [0.25, 0.3) is 0 Å². The van der Waals surface area contributed by atoms with Gasteiger partial charge in [0.2, 0.25) is 5.89 Å². The van der Waals surface area contributed by atoms with Gasteiger partial charge in [0.15, 0.2) is 15.7 Å². The maximum atomic E-state index is 11.9. The number of fused-ring (bicyclic) bond motifs is 1. The second-order valence-electron chi connectivity index (χ2n) is 6.16. The van der Waals surface area contributed by atoms with E-state index < -0.39 is 14.6 Å². The molecule has 0 aliphatic heterocycles. The highest BCUT2D eigenvalue weighted by atomic mass is 32.2. The number of rotatable bonds is 5. The quantitative estimate of drug-likeness (QED) is 0.703. The zero-order valence-corrected chi connectivity index (χ0v) is 14.8.